The van der Waals surface area contributed by atoms with E-state index in [4.69, 9.17) is 11.5 Å². The number of H-pyrrole nitrogens is 1. The van der Waals surface area contributed by atoms with E-state index in [9.17, 15) is 9.59 Å². The molecular formula is C7H10N4O2. The molecule has 1 amide bonds. The Bertz CT molecular complexity index is 371. The van der Waals surface area contributed by atoms with Gasteiger partial charge in [0.1, 0.15) is 5.82 Å². The number of carbonyl (C=O) groups excluding carboxylic acids is 1. The highest BCUT2D eigenvalue weighted by Gasteiger charge is 2.02. The normalized spacial score (nSPS) is 9.92. The SMILES string of the molecule is NCc1cc(=O)[nH]c(CC(N)=O)n1. The average molecular weight is 182 g/mol. The van der Waals surface area contributed by atoms with Crippen molar-refractivity contribution in [3.05, 3.63) is 27.9 Å². The second-order valence-electron chi connectivity index (χ2n) is 2.53. The number of nitrogens with zero attached hydrogens (tertiary/aromatic N) is 1. The second-order valence-corrected chi connectivity index (χ2v) is 2.53. The van der Waals surface area contributed by atoms with Crippen LogP contribution >= 0.6 is 0 Å². The summed E-state index contributed by atoms with van der Waals surface area (Å²) >= 11 is 0. The number of nitrogens with one attached hydrogen (secondary N) is 1. The van der Waals surface area contributed by atoms with Gasteiger partial charge in [0.25, 0.3) is 5.56 Å². The van der Waals surface area contributed by atoms with E-state index in [2.05, 4.69) is 9.97 Å². The van der Waals surface area contributed by atoms with E-state index in [1.807, 2.05) is 0 Å². The first-order valence-corrected chi connectivity index (χ1v) is 3.69. The topological polar surface area (TPSA) is 115 Å². The highest BCUT2D eigenvalue weighted by molar-refractivity contribution is 5.75. The maximum absolute atomic E-state index is 10.9. The molecule has 0 bridgehead atoms. The molecule has 0 saturated heterocycles. The molecule has 0 atom stereocenters. The zero-order valence-corrected chi connectivity index (χ0v) is 6.91. The fourth-order valence-corrected chi connectivity index (χ4v) is 0.917. The van der Waals surface area contributed by atoms with Gasteiger partial charge in [0.05, 0.1) is 12.1 Å². The van der Waals surface area contributed by atoms with E-state index in [0.717, 1.165) is 0 Å². The summed E-state index contributed by atoms with van der Waals surface area (Å²) in [6.07, 6.45) is -0.0803. The fourth-order valence-electron chi connectivity index (χ4n) is 0.917. The number of aromatic nitrogens is 2. The second kappa shape index (κ2) is 3.81. The first-order chi connectivity index (χ1) is 6.11. The van der Waals surface area contributed by atoms with Crippen molar-refractivity contribution in [1.82, 2.24) is 9.97 Å². The van der Waals surface area contributed by atoms with Crippen LogP contribution in [0.4, 0.5) is 0 Å². The van der Waals surface area contributed by atoms with Crippen molar-refractivity contribution in [2.75, 3.05) is 0 Å². The molecule has 0 unspecified atom stereocenters. The zero-order chi connectivity index (χ0) is 9.84. The predicted octanol–water partition coefficient (Wildman–Crippen LogP) is -1.74. The van der Waals surface area contributed by atoms with Crippen molar-refractivity contribution < 1.29 is 4.79 Å². The number of hydrogen-bond acceptors (Lipinski definition) is 4. The summed E-state index contributed by atoms with van der Waals surface area (Å²) in [6, 6.07) is 1.28. The van der Waals surface area contributed by atoms with Crippen LogP contribution in [-0.2, 0) is 17.8 Å². The van der Waals surface area contributed by atoms with Crippen molar-refractivity contribution in [3.8, 4) is 0 Å². The predicted molar refractivity (Wildman–Crippen MR) is 45.6 cm³/mol. The quantitative estimate of drug-likeness (QED) is 0.514. The van der Waals surface area contributed by atoms with Gasteiger partial charge in [0.15, 0.2) is 0 Å². The molecule has 70 valence electrons. The Labute approximate surface area is 74.0 Å². The monoisotopic (exact) mass is 182 g/mol. The van der Waals surface area contributed by atoms with E-state index in [-0.39, 0.29) is 24.3 Å². The third kappa shape index (κ3) is 2.68. The van der Waals surface area contributed by atoms with Crippen LogP contribution in [0, 0.1) is 0 Å². The summed E-state index contributed by atoms with van der Waals surface area (Å²) in [7, 11) is 0. The summed E-state index contributed by atoms with van der Waals surface area (Å²) in [5, 5.41) is 0. The van der Waals surface area contributed by atoms with Gasteiger partial charge >= 0.3 is 0 Å². The van der Waals surface area contributed by atoms with Gasteiger partial charge in [-0.3, -0.25) is 9.59 Å². The molecule has 0 saturated carbocycles. The smallest absolute Gasteiger partial charge is 0.251 e. The lowest BCUT2D eigenvalue weighted by Gasteiger charge is -1.99. The van der Waals surface area contributed by atoms with E-state index in [0.29, 0.717) is 5.69 Å². The van der Waals surface area contributed by atoms with Gasteiger partial charge in [-0.25, -0.2) is 4.98 Å². The maximum atomic E-state index is 10.9. The summed E-state index contributed by atoms with van der Waals surface area (Å²) in [4.78, 5) is 27.8. The minimum atomic E-state index is -0.544. The molecule has 0 radical (unpaired) electrons. The third-order valence-corrected chi connectivity index (χ3v) is 1.39. The molecule has 6 nitrogen and oxygen atoms in total. The molecule has 1 aromatic rings. The first-order valence-electron chi connectivity index (χ1n) is 3.69. The molecule has 0 spiro atoms. The van der Waals surface area contributed by atoms with Crippen LogP contribution in [-0.4, -0.2) is 15.9 Å². The molecular weight excluding hydrogens is 172 g/mol. The fraction of sp³-hybridized carbons (Fsp3) is 0.286. The molecule has 5 N–H and O–H groups in total. The van der Waals surface area contributed by atoms with Gasteiger partial charge in [-0.2, -0.15) is 0 Å². The largest absolute Gasteiger partial charge is 0.369 e. The molecule has 0 fully saturated rings. The van der Waals surface area contributed by atoms with Gasteiger partial charge in [0, 0.05) is 12.6 Å². The number of carbonyl (C=O) groups is 1. The lowest BCUT2D eigenvalue weighted by Crippen LogP contribution is -2.20. The summed E-state index contributed by atoms with van der Waals surface area (Å²) in [5.41, 5.74) is 10.3. The number of hydrogen-bond donors (Lipinski definition) is 3. The number of primary amides is 1. The van der Waals surface area contributed by atoms with E-state index >= 15 is 0 Å². The van der Waals surface area contributed by atoms with Gasteiger partial charge in [0.2, 0.25) is 5.91 Å². The zero-order valence-electron chi connectivity index (χ0n) is 6.91. The van der Waals surface area contributed by atoms with Crippen LogP contribution < -0.4 is 17.0 Å². The van der Waals surface area contributed by atoms with Crippen molar-refractivity contribution in [3.63, 3.8) is 0 Å². The first kappa shape index (κ1) is 9.40. The van der Waals surface area contributed by atoms with Crippen LogP contribution in [0.25, 0.3) is 0 Å². The highest BCUT2D eigenvalue weighted by atomic mass is 16.1. The number of nitrogens with two attached hydrogens (primary N) is 2. The minimum Gasteiger partial charge on any atom is -0.369 e. The minimum absolute atomic E-state index is 0.0803. The Balaban J connectivity index is 3.01. The Kier molecular flexibility index (Phi) is 2.76. The molecule has 6 heteroatoms. The Morgan fingerprint density at radius 2 is 2.31 bits per heavy atom. The van der Waals surface area contributed by atoms with Gasteiger partial charge < -0.3 is 16.5 Å². The number of amides is 1. The van der Waals surface area contributed by atoms with Crippen LogP contribution in [0.5, 0.6) is 0 Å². The van der Waals surface area contributed by atoms with Crippen LogP contribution in [0.2, 0.25) is 0 Å². The van der Waals surface area contributed by atoms with Crippen molar-refractivity contribution in [1.29, 1.82) is 0 Å². The number of rotatable bonds is 3. The van der Waals surface area contributed by atoms with Crippen LogP contribution in [0.15, 0.2) is 10.9 Å². The molecule has 1 aromatic heterocycles. The van der Waals surface area contributed by atoms with Crippen LogP contribution in [0.1, 0.15) is 11.5 Å². The summed E-state index contributed by atoms with van der Waals surface area (Å²) < 4.78 is 0. The molecule has 13 heavy (non-hydrogen) atoms. The van der Waals surface area contributed by atoms with Crippen molar-refractivity contribution in [2.24, 2.45) is 11.5 Å². The molecule has 1 heterocycles. The Morgan fingerprint density at radius 1 is 1.62 bits per heavy atom. The Morgan fingerprint density at radius 3 is 2.85 bits per heavy atom. The maximum Gasteiger partial charge on any atom is 0.251 e. The van der Waals surface area contributed by atoms with E-state index in [1.165, 1.54) is 6.07 Å². The average Bonchev–Trinajstić information content (AvgIpc) is 2.01. The lowest BCUT2D eigenvalue weighted by atomic mass is 10.3. The van der Waals surface area contributed by atoms with E-state index in [1.54, 1.807) is 0 Å². The molecule has 1 rings (SSSR count). The van der Waals surface area contributed by atoms with Crippen molar-refractivity contribution >= 4 is 5.91 Å². The standard InChI is InChI=1S/C7H10N4O2/c8-3-4-1-7(13)11-6(10-4)2-5(9)12/h1H,2-3,8H2,(H2,9,12)(H,10,11,13). The molecule has 0 aliphatic rings. The summed E-state index contributed by atoms with van der Waals surface area (Å²) in [5.74, 6) is -0.294. The van der Waals surface area contributed by atoms with Gasteiger partial charge in [-0.05, 0) is 0 Å². The van der Waals surface area contributed by atoms with E-state index < -0.39 is 5.91 Å². The number of aromatic amines is 1. The third-order valence-electron chi connectivity index (χ3n) is 1.39. The lowest BCUT2D eigenvalue weighted by molar-refractivity contribution is -0.117. The van der Waals surface area contributed by atoms with Gasteiger partial charge in [-0.15, -0.1) is 0 Å². The molecule has 0 aliphatic heterocycles. The van der Waals surface area contributed by atoms with Crippen molar-refractivity contribution in [2.45, 2.75) is 13.0 Å². The van der Waals surface area contributed by atoms with Gasteiger partial charge in [-0.1, -0.05) is 0 Å². The molecule has 0 aromatic carbocycles. The summed E-state index contributed by atoms with van der Waals surface area (Å²) in [6.45, 7) is 0.162. The highest BCUT2D eigenvalue weighted by Crippen LogP contribution is 1.91. The Hall–Kier alpha value is -1.69. The molecule has 0 aliphatic carbocycles. The van der Waals surface area contributed by atoms with Crippen LogP contribution in [0.3, 0.4) is 0 Å².